The maximum Gasteiger partial charge on any atom is 0.299 e. The molecule has 0 spiro atoms. The molecule has 1 aliphatic carbocycles. The van der Waals surface area contributed by atoms with E-state index in [0.29, 0.717) is 0 Å². The molecule has 0 aliphatic heterocycles. The van der Waals surface area contributed by atoms with E-state index in [9.17, 15) is 12.8 Å². The lowest BCUT2D eigenvalue weighted by Gasteiger charge is -2.10. The number of halogens is 1. The Hall–Kier alpha value is -1.25. The first kappa shape index (κ1) is 13.2. The molecule has 98 valence electrons. The summed E-state index contributed by atoms with van der Waals surface area (Å²) < 4.78 is 41.3. The van der Waals surface area contributed by atoms with Crippen LogP contribution in [0.5, 0.6) is 0 Å². The molecule has 0 atom stereocenters. The molecule has 1 aromatic rings. The molecule has 0 bridgehead atoms. The van der Waals surface area contributed by atoms with Gasteiger partial charge in [0.05, 0.1) is 5.69 Å². The highest BCUT2D eigenvalue weighted by atomic mass is 32.2. The van der Waals surface area contributed by atoms with Crippen molar-refractivity contribution >= 4 is 33.1 Å². The predicted molar refractivity (Wildman–Crippen MR) is 71.0 cm³/mol. The second-order valence-corrected chi connectivity index (χ2v) is 5.94. The van der Waals surface area contributed by atoms with E-state index in [1.165, 1.54) is 12.1 Å². The molecular formula is C10H12FN3O2S2. The van der Waals surface area contributed by atoms with Gasteiger partial charge in [0.15, 0.2) is 0 Å². The first-order chi connectivity index (χ1) is 8.37. The van der Waals surface area contributed by atoms with Gasteiger partial charge in [-0.25, -0.2) is 4.39 Å². The number of benzene rings is 1. The van der Waals surface area contributed by atoms with Crippen LogP contribution in [-0.2, 0) is 10.2 Å². The second kappa shape index (κ2) is 4.79. The Labute approximate surface area is 110 Å². The van der Waals surface area contributed by atoms with Gasteiger partial charge in [-0.1, -0.05) is 12.2 Å². The topological polar surface area (TPSA) is 84.2 Å². The van der Waals surface area contributed by atoms with Gasteiger partial charge in [0.25, 0.3) is 10.2 Å². The summed E-state index contributed by atoms with van der Waals surface area (Å²) in [6.07, 6.45) is 1.67. The molecule has 0 amide bonds. The zero-order valence-corrected chi connectivity index (χ0v) is 10.9. The molecule has 4 N–H and O–H groups in total. The van der Waals surface area contributed by atoms with Crippen molar-refractivity contribution in [2.75, 3.05) is 4.72 Å². The van der Waals surface area contributed by atoms with Gasteiger partial charge < -0.3 is 5.73 Å². The van der Waals surface area contributed by atoms with E-state index >= 15 is 0 Å². The number of hydrogen-bond donors (Lipinski definition) is 3. The third-order valence-electron chi connectivity index (χ3n) is 2.38. The first-order valence-electron chi connectivity index (χ1n) is 5.27. The Morgan fingerprint density at radius 3 is 2.67 bits per heavy atom. The molecule has 0 radical (unpaired) electrons. The Balaban J connectivity index is 2.18. The van der Waals surface area contributed by atoms with Gasteiger partial charge >= 0.3 is 0 Å². The summed E-state index contributed by atoms with van der Waals surface area (Å²) in [4.78, 5) is -0.122. The molecule has 1 fully saturated rings. The number of rotatable bonds is 5. The highest BCUT2D eigenvalue weighted by Gasteiger charge is 2.26. The van der Waals surface area contributed by atoms with Crippen LogP contribution in [0, 0.1) is 5.82 Å². The summed E-state index contributed by atoms with van der Waals surface area (Å²) in [7, 11) is -3.63. The second-order valence-electron chi connectivity index (χ2n) is 4.06. The van der Waals surface area contributed by atoms with Crippen LogP contribution in [0.25, 0.3) is 0 Å². The van der Waals surface area contributed by atoms with Gasteiger partial charge in [-0.15, -0.1) is 0 Å². The molecule has 18 heavy (non-hydrogen) atoms. The molecule has 0 saturated heterocycles. The van der Waals surface area contributed by atoms with Crippen LogP contribution in [0.2, 0.25) is 0 Å². The third-order valence-corrected chi connectivity index (χ3v) is 3.75. The maximum absolute atomic E-state index is 13.3. The van der Waals surface area contributed by atoms with Gasteiger partial charge in [0.2, 0.25) is 0 Å². The monoisotopic (exact) mass is 289 g/mol. The fourth-order valence-electron chi connectivity index (χ4n) is 1.38. The highest BCUT2D eigenvalue weighted by Crippen LogP contribution is 2.21. The number of nitrogens with two attached hydrogens (primary N) is 1. The summed E-state index contributed by atoms with van der Waals surface area (Å²) >= 11 is 4.68. The molecule has 0 aromatic heterocycles. The molecule has 8 heteroatoms. The Bertz CT molecular complexity index is 585. The number of hydrogen-bond acceptors (Lipinski definition) is 3. The van der Waals surface area contributed by atoms with E-state index in [1.54, 1.807) is 0 Å². The Kier molecular flexibility index (Phi) is 3.51. The highest BCUT2D eigenvalue weighted by molar-refractivity contribution is 7.90. The zero-order valence-electron chi connectivity index (χ0n) is 9.31. The van der Waals surface area contributed by atoms with Crippen molar-refractivity contribution in [3.05, 3.63) is 29.6 Å². The van der Waals surface area contributed by atoms with Gasteiger partial charge in [0.1, 0.15) is 10.8 Å². The van der Waals surface area contributed by atoms with E-state index in [-0.39, 0.29) is 22.3 Å². The Morgan fingerprint density at radius 1 is 1.44 bits per heavy atom. The normalized spacial score (nSPS) is 15.4. The van der Waals surface area contributed by atoms with Crippen molar-refractivity contribution in [1.29, 1.82) is 0 Å². The van der Waals surface area contributed by atoms with Crippen molar-refractivity contribution < 1.29 is 12.8 Å². The SMILES string of the molecule is NC(=S)c1cc(NS(=O)(=O)NC2CC2)ccc1F. The van der Waals surface area contributed by atoms with Gasteiger partial charge in [-0.2, -0.15) is 13.1 Å². The largest absolute Gasteiger partial charge is 0.389 e. The van der Waals surface area contributed by atoms with Crippen molar-refractivity contribution in [2.24, 2.45) is 5.73 Å². The van der Waals surface area contributed by atoms with E-state index in [2.05, 4.69) is 21.7 Å². The predicted octanol–water partition coefficient (Wildman–Crippen LogP) is 0.869. The molecule has 0 unspecified atom stereocenters. The van der Waals surface area contributed by atoms with Crippen molar-refractivity contribution in [1.82, 2.24) is 4.72 Å². The average Bonchev–Trinajstić information content (AvgIpc) is 3.03. The minimum absolute atomic E-state index is 0.00185. The van der Waals surface area contributed by atoms with Crippen molar-refractivity contribution in [3.8, 4) is 0 Å². The summed E-state index contributed by atoms with van der Waals surface area (Å²) in [5.41, 5.74) is 5.56. The van der Waals surface area contributed by atoms with Crippen LogP contribution in [0.15, 0.2) is 18.2 Å². The van der Waals surface area contributed by atoms with Crippen LogP contribution in [0.4, 0.5) is 10.1 Å². The molecule has 1 aliphatic rings. The molecule has 0 heterocycles. The van der Waals surface area contributed by atoms with E-state index in [0.717, 1.165) is 18.9 Å². The standard InChI is InChI=1S/C10H12FN3O2S2/c11-9-4-3-7(5-8(9)10(12)17)14-18(15,16)13-6-1-2-6/h3-6,13-14H,1-2H2,(H2,12,17). The lowest BCUT2D eigenvalue weighted by atomic mass is 10.2. The van der Waals surface area contributed by atoms with Crippen LogP contribution in [0.3, 0.4) is 0 Å². The summed E-state index contributed by atoms with van der Waals surface area (Å²) in [6, 6.07) is 3.69. The maximum atomic E-state index is 13.3. The molecule has 1 aromatic carbocycles. The van der Waals surface area contributed by atoms with Gasteiger partial charge in [-0.3, -0.25) is 4.72 Å². The van der Waals surface area contributed by atoms with Gasteiger partial charge in [-0.05, 0) is 31.0 Å². The molecular weight excluding hydrogens is 277 g/mol. The smallest absolute Gasteiger partial charge is 0.299 e. The lowest BCUT2D eigenvalue weighted by molar-refractivity contribution is 0.586. The van der Waals surface area contributed by atoms with E-state index in [4.69, 9.17) is 5.73 Å². The van der Waals surface area contributed by atoms with Crippen LogP contribution < -0.4 is 15.2 Å². The molecule has 1 saturated carbocycles. The summed E-state index contributed by atoms with van der Waals surface area (Å²) in [5, 5.41) is 0. The van der Waals surface area contributed by atoms with E-state index < -0.39 is 16.0 Å². The first-order valence-corrected chi connectivity index (χ1v) is 7.16. The number of nitrogens with one attached hydrogen (secondary N) is 2. The average molecular weight is 289 g/mol. The quantitative estimate of drug-likeness (QED) is 0.702. The van der Waals surface area contributed by atoms with Crippen LogP contribution in [-0.4, -0.2) is 19.4 Å². The minimum Gasteiger partial charge on any atom is -0.389 e. The number of anilines is 1. The number of thiocarbonyl (C=S) groups is 1. The zero-order chi connectivity index (χ0) is 13.3. The van der Waals surface area contributed by atoms with Crippen LogP contribution >= 0.6 is 12.2 Å². The van der Waals surface area contributed by atoms with Crippen LogP contribution in [0.1, 0.15) is 18.4 Å². The van der Waals surface area contributed by atoms with Crippen molar-refractivity contribution in [2.45, 2.75) is 18.9 Å². The van der Waals surface area contributed by atoms with Crippen molar-refractivity contribution in [3.63, 3.8) is 0 Å². The fraction of sp³-hybridized carbons (Fsp3) is 0.300. The Morgan fingerprint density at radius 2 is 2.11 bits per heavy atom. The summed E-state index contributed by atoms with van der Waals surface area (Å²) in [5.74, 6) is -0.583. The molecule has 2 rings (SSSR count). The molecule has 5 nitrogen and oxygen atoms in total. The fourth-order valence-corrected chi connectivity index (χ4v) is 2.71. The van der Waals surface area contributed by atoms with Gasteiger partial charge in [0, 0.05) is 11.6 Å². The lowest BCUT2D eigenvalue weighted by Crippen LogP contribution is -2.31. The minimum atomic E-state index is -3.63. The third kappa shape index (κ3) is 3.37. The van der Waals surface area contributed by atoms with E-state index in [1.807, 2.05) is 0 Å². The summed E-state index contributed by atoms with van der Waals surface area (Å²) in [6.45, 7) is 0.